The number of hydrogen-bond acceptors (Lipinski definition) is 6. The third-order valence-corrected chi connectivity index (χ3v) is 3.41. The Labute approximate surface area is 152 Å². The van der Waals surface area contributed by atoms with Crippen molar-refractivity contribution in [3.8, 4) is 11.5 Å². The molecule has 8 nitrogen and oxygen atoms in total. The number of rotatable bonds is 8. The zero-order chi connectivity index (χ0) is 19.5. The number of amides is 3. The van der Waals surface area contributed by atoms with Gasteiger partial charge in [-0.3, -0.25) is 10.1 Å². The largest absolute Gasteiger partial charge is 0.493 e. The van der Waals surface area contributed by atoms with Crippen LogP contribution < -0.4 is 20.1 Å². The Morgan fingerprint density at radius 3 is 2.46 bits per heavy atom. The van der Waals surface area contributed by atoms with Crippen molar-refractivity contribution in [2.24, 2.45) is 0 Å². The topological polar surface area (TPSA) is 103 Å². The number of nitrogens with one attached hydrogen (secondary N) is 2. The smallest absolute Gasteiger partial charge is 0.331 e. The van der Waals surface area contributed by atoms with Gasteiger partial charge in [0.05, 0.1) is 14.2 Å². The minimum Gasteiger partial charge on any atom is -0.493 e. The molecule has 1 aromatic rings. The van der Waals surface area contributed by atoms with Gasteiger partial charge < -0.3 is 19.5 Å². The third kappa shape index (κ3) is 7.25. The van der Waals surface area contributed by atoms with Crippen molar-refractivity contribution in [3.63, 3.8) is 0 Å². The van der Waals surface area contributed by atoms with E-state index in [9.17, 15) is 14.4 Å². The van der Waals surface area contributed by atoms with Crippen LogP contribution in [0.25, 0.3) is 6.08 Å². The van der Waals surface area contributed by atoms with Crippen LogP contribution in [0.2, 0.25) is 0 Å². The Morgan fingerprint density at radius 1 is 1.15 bits per heavy atom. The first-order chi connectivity index (χ1) is 12.4. The number of carbonyl (C=O) groups is 3. The summed E-state index contributed by atoms with van der Waals surface area (Å²) in [6.45, 7) is 3.16. The molecule has 3 amide bonds. The van der Waals surface area contributed by atoms with Crippen LogP contribution in [0.4, 0.5) is 4.79 Å². The predicted molar refractivity (Wildman–Crippen MR) is 96.0 cm³/mol. The van der Waals surface area contributed by atoms with E-state index >= 15 is 0 Å². The zero-order valence-corrected chi connectivity index (χ0v) is 15.3. The molecule has 0 radical (unpaired) electrons. The molecule has 26 heavy (non-hydrogen) atoms. The fourth-order valence-corrected chi connectivity index (χ4v) is 1.83. The fraction of sp³-hybridized carbons (Fsp3) is 0.389. The van der Waals surface area contributed by atoms with Crippen molar-refractivity contribution in [1.29, 1.82) is 0 Å². The normalized spacial score (nSPS) is 11.5. The van der Waals surface area contributed by atoms with E-state index < -0.39 is 24.5 Å². The highest BCUT2D eigenvalue weighted by atomic mass is 16.5. The summed E-state index contributed by atoms with van der Waals surface area (Å²) in [6, 6.07) is 4.44. The maximum absolute atomic E-state index is 11.7. The summed E-state index contributed by atoms with van der Waals surface area (Å²) in [7, 11) is 3.04. The molecule has 0 saturated heterocycles. The monoisotopic (exact) mass is 364 g/mol. The van der Waals surface area contributed by atoms with Crippen LogP contribution in [0.5, 0.6) is 11.5 Å². The molecule has 0 aliphatic rings. The second-order valence-electron chi connectivity index (χ2n) is 5.39. The Kier molecular flexibility index (Phi) is 8.69. The Morgan fingerprint density at radius 2 is 1.85 bits per heavy atom. The number of hydrogen-bond donors (Lipinski definition) is 2. The van der Waals surface area contributed by atoms with Gasteiger partial charge in [-0.2, -0.15) is 0 Å². The Hall–Kier alpha value is -3.03. The van der Waals surface area contributed by atoms with Crippen molar-refractivity contribution in [1.82, 2.24) is 10.6 Å². The first-order valence-electron chi connectivity index (χ1n) is 8.06. The van der Waals surface area contributed by atoms with Gasteiger partial charge >= 0.3 is 12.0 Å². The van der Waals surface area contributed by atoms with Crippen LogP contribution in [0.1, 0.15) is 25.8 Å². The van der Waals surface area contributed by atoms with Crippen LogP contribution in [0.3, 0.4) is 0 Å². The Balaban J connectivity index is 2.47. The van der Waals surface area contributed by atoms with Gasteiger partial charge in [0.1, 0.15) is 0 Å². The predicted octanol–water partition coefficient (Wildman–Crippen LogP) is 1.88. The fourth-order valence-electron chi connectivity index (χ4n) is 1.83. The lowest BCUT2D eigenvalue weighted by atomic mass is 10.2. The minimum absolute atomic E-state index is 0.0604. The first-order valence-corrected chi connectivity index (χ1v) is 8.06. The van der Waals surface area contributed by atoms with Gasteiger partial charge in [-0.25, -0.2) is 9.59 Å². The maximum Gasteiger partial charge on any atom is 0.331 e. The summed E-state index contributed by atoms with van der Waals surface area (Å²) in [5.74, 6) is -0.329. The van der Waals surface area contributed by atoms with E-state index in [4.69, 9.17) is 14.2 Å². The molecule has 142 valence electrons. The second kappa shape index (κ2) is 10.8. The number of methoxy groups -OCH3 is 2. The minimum atomic E-state index is -0.711. The molecule has 8 heteroatoms. The molecule has 0 saturated carbocycles. The highest BCUT2D eigenvalue weighted by molar-refractivity contribution is 5.96. The highest BCUT2D eigenvalue weighted by Gasteiger charge is 2.11. The molecule has 0 aromatic heterocycles. The molecule has 0 fully saturated rings. The maximum atomic E-state index is 11.7. The van der Waals surface area contributed by atoms with E-state index in [1.807, 2.05) is 13.8 Å². The summed E-state index contributed by atoms with van der Waals surface area (Å²) in [4.78, 5) is 34.7. The molecule has 0 aliphatic carbocycles. The van der Waals surface area contributed by atoms with Crippen molar-refractivity contribution in [3.05, 3.63) is 29.8 Å². The molecule has 0 heterocycles. The van der Waals surface area contributed by atoms with Gasteiger partial charge in [-0.1, -0.05) is 13.0 Å². The van der Waals surface area contributed by atoms with E-state index in [1.54, 1.807) is 18.2 Å². The number of imide groups is 1. The lowest BCUT2D eigenvalue weighted by Crippen LogP contribution is -2.44. The van der Waals surface area contributed by atoms with Gasteiger partial charge in [-0.05, 0) is 37.1 Å². The highest BCUT2D eigenvalue weighted by Crippen LogP contribution is 2.27. The SMILES string of the molecule is CC[C@@H](C)NC(=O)NC(=O)COC(=O)/C=C/c1ccc(OC)c(OC)c1. The van der Waals surface area contributed by atoms with Crippen LogP contribution in [-0.4, -0.2) is 44.8 Å². The molecule has 1 aromatic carbocycles. The number of esters is 1. The van der Waals surface area contributed by atoms with Gasteiger partial charge in [-0.15, -0.1) is 0 Å². The standard InChI is InChI=1S/C18H24N2O6/c1-5-12(2)19-18(23)20-16(21)11-26-17(22)9-7-13-6-8-14(24-3)15(10-13)25-4/h6-10,12H,5,11H2,1-4H3,(H2,19,20,21,23)/b9-7+/t12-/m1/s1. The summed E-state index contributed by atoms with van der Waals surface area (Å²) in [5.41, 5.74) is 0.692. The quantitative estimate of drug-likeness (QED) is 0.539. The number of urea groups is 1. The van der Waals surface area contributed by atoms with E-state index in [0.717, 1.165) is 6.42 Å². The van der Waals surface area contributed by atoms with Crippen LogP contribution in [-0.2, 0) is 14.3 Å². The third-order valence-electron chi connectivity index (χ3n) is 3.41. The van der Waals surface area contributed by atoms with Crippen molar-refractivity contribution in [2.75, 3.05) is 20.8 Å². The van der Waals surface area contributed by atoms with Crippen molar-refractivity contribution in [2.45, 2.75) is 26.3 Å². The van der Waals surface area contributed by atoms with Crippen molar-refractivity contribution >= 4 is 24.0 Å². The lowest BCUT2D eigenvalue weighted by molar-refractivity contribution is -0.143. The van der Waals surface area contributed by atoms with Crippen LogP contribution >= 0.6 is 0 Å². The van der Waals surface area contributed by atoms with Crippen LogP contribution in [0, 0.1) is 0 Å². The molecular weight excluding hydrogens is 340 g/mol. The van der Waals surface area contributed by atoms with Crippen LogP contribution in [0.15, 0.2) is 24.3 Å². The Bertz CT molecular complexity index is 672. The van der Waals surface area contributed by atoms with E-state index in [-0.39, 0.29) is 6.04 Å². The van der Waals surface area contributed by atoms with E-state index in [2.05, 4.69) is 10.6 Å². The second-order valence-corrected chi connectivity index (χ2v) is 5.39. The molecule has 0 aliphatic heterocycles. The summed E-state index contributed by atoms with van der Waals surface area (Å²) >= 11 is 0. The molecule has 0 unspecified atom stereocenters. The van der Waals surface area contributed by atoms with Gasteiger partial charge in [0, 0.05) is 12.1 Å². The number of carbonyl (C=O) groups excluding carboxylic acids is 3. The summed E-state index contributed by atoms with van der Waals surface area (Å²) in [5, 5.41) is 4.65. The van der Waals surface area contributed by atoms with Gasteiger partial charge in [0.2, 0.25) is 0 Å². The average Bonchev–Trinajstić information content (AvgIpc) is 2.63. The van der Waals surface area contributed by atoms with E-state index in [0.29, 0.717) is 17.1 Å². The molecule has 1 atom stereocenters. The summed E-state index contributed by atoms with van der Waals surface area (Å²) < 4.78 is 15.1. The van der Waals surface area contributed by atoms with Gasteiger partial charge in [0.15, 0.2) is 18.1 Å². The zero-order valence-electron chi connectivity index (χ0n) is 15.3. The van der Waals surface area contributed by atoms with Gasteiger partial charge in [0.25, 0.3) is 5.91 Å². The van der Waals surface area contributed by atoms with Crippen molar-refractivity contribution < 1.29 is 28.6 Å². The first kappa shape index (κ1) is 21.0. The molecule has 0 spiro atoms. The molecule has 0 bridgehead atoms. The lowest BCUT2D eigenvalue weighted by Gasteiger charge is -2.11. The number of ether oxygens (including phenoxy) is 3. The number of benzene rings is 1. The van der Waals surface area contributed by atoms with E-state index in [1.165, 1.54) is 26.4 Å². The molecule has 2 N–H and O–H groups in total. The average molecular weight is 364 g/mol. The molecule has 1 rings (SSSR count). The molecular formula is C18H24N2O6. The summed E-state index contributed by atoms with van der Waals surface area (Å²) in [6.07, 6.45) is 3.42.